The molecule has 2 fully saturated rings. The monoisotopic (exact) mass is 512 g/mol. The number of aliphatic imine (C=N–C) groups is 1. The third-order valence-corrected chi connectivity index (χ3v) is 6.06. The quantitative estimate of drug-likeness (QED) is 0.234. The molecule has 29 heavy (non-hydrogen) atoms. The van der Waals surface area contributed by atoms with Gasteiger partial charge in [0.1, 0.15) is 0 Å². The second-order valence-electron chi connectivity index (χ2n) is 8.23. The molecule has 0 aromatic heterocycles. The Bertz CT molecular complexity index is 641. The smallest absolute Gasteiger partial charge is 0.222 e. The molecule has 2 aliphatic rings. The van der Waals surface area contributed by atoms with Crippen molar-refractivity contribution in [1.29, 1.82) is 0 Å². The van der Waals surface area contributed by atoms with E-state index in [1.807, 2.05) is 11.9 Å². The van der Waals surface area contributed by atoms with Crippen molar-refractivity contribution < 1.29 is 4.79 Å². The molecule has 0 spiro atoms. The molecule has 1 aliphatic heterocycles. The maximum atomic E-state index is 11.7. The molecule has 1 aromatic rings. The van der Waals surface area contributed by atoms with Gasteiger partial charge in [-0.05, 0) is 36.3 Å². The van der Waals surface area contributed by atoms with Crippen LogP contribution >= 0.6 is 24.0 Å². The highest BCUT2D eigenvalue weighted by molar-refractivity contribution is 14.0. The molecular weight excluding hydrogens is 475 g/mol. The molecule has 1 aliphatic carbocycles. The predicted octanol–water partition coefficient (Wildman–Crippen LogP) is 4.45. The van der Waals surface area contributed by atoms with Gasteiger partial charge in [0.2, 0.25) is 5.91 Å². The number of rotatable bonds is 8. The zero-order chi connectivity index (χ0) is 19.6. The molecule has 2 N–H and O–H groups in total. The van der Waals surface area contributed by atoms with E-state index in [2.05, 4.69) is 39.9 Å². The molecule has 0 radical (unpaired) electrons. The molecule has 1 saturated carbocycles. The van der Waals surface area contributed by atoms with E-state index >= 15 is 0 Å². The lowest BCUT2D eigenvalue weighted by Gasteiger charge is -2.21. The first kappa shape index (κ1) is 24.0. The number of benzene rings is 1. The lowest BCUT2D eigenvalue weighted by Crippen LogP contribution is -2.37. The lowest BCUT2D eigenvalue weighted by atomic mass is 9.86. The van der Waals surface area contributed by atoms with Crippen LogP contribution in [0.15, 0.2) is 29.3 Å². The van der Waals surface area contributed by atoms with Gasteiger partial charge in [0.25, 0.3) is 0 Å². The van der Waals surface area contributed by atoms with Crippen molar-refractivity contribution in [3.05, 3.63) is 35.4 Å². The van der Waals surface area contributed by atoms with E-state index in [-0.39, 0.29) is 29.9 Å². The molecule has 6 heteroatoms. The summed E-state index contributed by atoms with van der Waals surface area (Å²) in [5, 5.41) is 6.84. The number of carbonyl (C=O) groups excluding carboxylic acids is 1. The summed E-state index contributed by atoms with van der Waals surface area (Å²) in [6.45, 7) is 3.37. The van der Waals surface area contributed by atoms with Crippen molar-refractivity contribution in [1.82, 2.24) is 15.5 Å². The van der Waals surface area contributed by atoms with Gasteiger partial charge in [-0.1, -0.05) is 56.4 Å². The fraction of sp³-hybridized carbons (Fsp3) is 0.652. The predicted molar refractivity (Wildman–Crippen MR) is 131 cm³/mol. The third-order valence-electron chi connectivity index (χ3n) is 6.06. The zero-order valence-corrected chi connectivity index (χ0v) is 20.1. The van der Waals surface area contributed by atoms with Crippen molar-refractivity contribution in [3.8, 4) is 0 Å². The van der Waals surface area contributed by atoms with Crippen molar-refractivity contribution in [2.24, 2.45) is 10.9 Å². The second kappa shape index (κ2) is 13.1. The van der Waals surface area contributed by atoms with Crippen LogP contribution in [-0.2, 0) is 17.9 Å². The molecule has 3 rings (SSSR count). The summed E-state index contributed by atoms with van der Waals surface area (Å²) >= 11 is 0. The molecule has 1 heterocycles. The van der Waals surface area contributed by atoms with Crippen molar-refractivity contribution in [3.63, 3.8) is 0 Å². The van der Waals surface area contributed by atoms with Gasteiger partial charge in [-0.2, -0.15) is 0 Å². The summed E-state index contributed by atoms with van der Waals surface area (Å²) in [5.74, 6) is 2.10. The lowest BCUT2D eigenvalue weighted by molar-refractivity contribution is -0.128. The molecule has 1 saturated heterocycles. The first-order chi connectivity index (χ1) is 13.7. The molecule has 0 bridgehead atoms. The molecule has 0 unspecified atom stereocenters. The largest absolute Gasteiger partial charge is 0.356 e. The highest BCUT2D eigenvalue weighted by Gasteiger charge is 2.19. The van der Waals surface area contributed by atoms with E-state index < -0.39 is 0 Å². The molecular formula is C23H37IN4O. The van der Waals surface area contributed by atoms with E-state index in [0.29, 0.717) is 6.42 Å². The molecule has 162 valence electrons. The average Bonchev–Trinajstić information content (AvgIpc) is 3.14. The SMILES string of the molecule is CN=C(NCCCC1CCCCC1)NCc1ccc(CN2CCCC2=O)cc1.I. The summed E-state index contributed by atoms with van der Waals surface area (Å²) in [7, 11) is 1.83. The van der Waals surface area contributed by atoms with Crippen LogP contribution in [0, 0.1) is 5.92 Å². The van der Waals surface area contributed by atoms with Crippen LogP contribution in [-0.4, -0.2) is 36.9 Å². The summed E-state index contributed by atoms with van der Waals surface area (Å²) in [5.41, 5.74) is 2.42. The summed E-state index contributed by atoms with van der Waals surface area (Å²) < 4.78 is 0. The standard InChI is InChI=1S/C23H36N4O.HI/c1-24-23(25-15-5-9-19-7-3-2-4-8-19)26-17-20-11-13-21(14-12-20)18-27-16-6-10-22(27)28;/h11-14,19H,2-10,15-18H2,1H3,(H2,24,25,26);1H. The van der Waals surface area contributed by atoms with Crippen LogP contribution in [0.25, 0.3) is 0 Å². The minimum Gasteiger partial charge on any atom is -0.356 e. The summed E-state index contributed by atoms with van der Waals surface area (Å²) in [6.07, 6.45) is 11.4. The van der Waals surface area contributed by atoms with Gasteiger partial charge in [-0.3, -0.25) is 9.79 Å². The fourth-order valence-electron chi connectivity index (χ4n) is 4.33. The number of halogens is 1. The van der Waals surface area contributed by atoms with E-state index in [0.717, 1.165) is 44.5 Å². The number of hydrogen-bond acceptors (Lipinski definition) is 2. The van der Waals surface area contributed by atoms with Crippen LogP contribution in [0.1, 0.15) is 68.9 Å². The normalized spacial score (nSPS) is 17.9. The Kier molecular flexibility index (Phi) is 10.8. The van der Waals surface area contributed by atoms with Gasteiger partial charge in [0, 0.05) is 39.6 Å². The zero-order valence-electron chi connectivity index (χ0n) is 17.8. The van der Waals surface area contributed by atoms with Crippen molar-refractivity contribution >= 4 is 35.8 Å². The van der Waals surface area contributed by atoms with Gasteiger partial charge in [-0.15, -0.1) is 24.0 Å². The first-order valence-electron chi connectivity index (χ1n) is 11.0. The van der Waals surface area contributed by atoms with E-state index in [1.165, 1.54) is 56.1 Å². The van der Waals surface area contributed by atoms with Gasteiger partial charge in [0.15, 0.2) is 5.96 Å². The molecule has 1 amide bonds. The van der Waals surface area contributed by atoms with Crippen LogP contribution in [0.3, 0.4) is 0 Å². The first-order valence-corrected chi connectivity index (χ1v) is 11.0. The van der Waals surface area contributed by atoms with Crippen molar-refractivity contribution in [2.45, 2.75) is 70.9 Å². The minimum atomic E-state index is 0. The highest BCUT2D eigenvalue weighted by Crippen LogP contribution is 2.26. The highest BCUT2D eigenvalue weighted by atomic mass is 127. The molecule has 1 aromatic carbocycles. The average molecular weight is 512 g/mol. The Morgan fingerprint density at radius 1 is 1.07 bits per heavy atom. The Morgan fingerprint density at radius 2 is 1.79 bits per heavy atom. The summed E-state index contributed by atoms with van der Waals surface area (Å²) in [6, 6.07) is 8.53. The number of likely N-dealkylation sites (tertiary alicyclic amines) is 1. The van der Waals surface area contributed by atoms with Crippen LogP contribution in [0.5, 0.6) is 0 Å². The van der Waals surface area contributed by atoms with Gasteiger partial charge in [-0.25, -0.2) is 0 Å². The number of guanidine groups is 1. The third kappa shape index (κ3) is 8.15. The maximum Gasteiger partial charge on any atom is 0.222 e. The van der Waals surface area contributed by atoms with E-state index in [4.69, 9.17) is 0 Å². The molecule has 5 nitrogen and oxygen atoms in total. The van der Waals surface area contributed by atoms with Crippen LogP contribution in [0.2, 0.25) is 0 Å². The second-order valence-corrected chi connectivity index (χ2v) is 8.23. The number of nitrogens with one attached hydrogen (secondary N) is 2. The van der Waals surface area contributed by atoms with E-state index in [1.54, 1.807) is 0 Å². The number of amides is 1. The minimum absolute atomic E-state index is 0. The van der Waals surface area contributed by atoms with Gasteiger partial charge >= 0.3 is 0 Å². The number of nitrogens with zero attached hydrogens (tertiary/aromatic N) is 2. The number of hydrogen-bond donors (Lipinski definition) is 2. The topological polar surface area (TPSA) is 56.7 Å². The van der Waals surface area contributed by atoms with Gasteiger partial charge in [0.05, 0.1) is 0 Å². The van der Waals surface area contributed by atoms with Gasteiger partial charge < -0.3 is 15.5 Å². The Hall–Kier alpha value is -1.31. The van der Waals surface area contributed by atoms with Crippen molar-refractivity contribution in [2.75, 3.05) is 20.1 Å². The van der Waals surface area contributed by atoms with E-state index in [9.17, 15) is 4.79 Å². The molecule has 0 atom stereocenters. The Balaban J connectivity index is 0.00000300. The maximum absolute atomic E-state index is 11.7. The van der Waals surface area contributed by atoms with Crippen LogP contribution < -0.4 is 10.6 Å². The fourth-order valence-corrected chi connectivity index (χ4v) is 4.33. The van der Waals surface area contributed by atoms with Crippen LogP contribution in [0.4, 0.5) is 0 Å². The number of carbonyl (C=O) groups is 1. The summed E-state index contributed by atoms with van der Waals surface area (Å²) in [4.78, 5) is 18.0. The Labute approximate surface area is 193 Å². The Morgan fingerprint density at radius 3 is 2.45 bits per heavy atom.